The molecule has 0 saturated carbocycles. The number of carbonyl (C=O) groups is 5. The normalized spacial score (nSPS) is 18.3. The summed E-state index contributed by atoms with van der Waals surface area (Å²) in [5, 5.41) is 22.9. The number of nitrogens with one attached hydrogen (secondary N) is 5. The topological polar surface area (TPSA) is 262 Å². The lowest BCUT2D eigenvalue weighted by Gasteiger charge is -2.39. The molecule has 21 nitrogen and oxygen atoms in total. The van der Waals surface area contributed by atoms with Crippen molar-refractivity contribution >= 4 is 90.5 Å². The Bertz CT molecular complexity index is 3800. The van der Waals surface area contributed by atoms with E-state index in [4.69, 9.17) is 16.3 Å². The summed E-state index contributed by atoms with van der Waals surface area (Å²) >= 11 is 6.27. The van der Waals surface area contributed by atoms with Crippen molar-refractivity contribution in [3.8, 4) is 11.5 Å². The number of hydrogen-bond donors (Lipinski definition) is 5. The minimum absolute atomic E-state index is 0.0689. The zero-order chi connectivity index (χ0) is 61.7. The molecule has 6 aromatic rings. The number of likely N-dealkylation sites (tertiary alicyclic amines) is 1. The summed E-state index contributed by atoms with van der Waals surface area (Å²) in [4.78, 5) is 91.7. The fourth-order valence-corrected chi connectivity index (χ4v) is 13.8. The van der Waals surface area contributed by atoms with Gasteiger partial charge in [-0.3, -0.25) is 44.3 Å². The van der Waals surface area contributed by atoms with Crippen LogP contribution in [0.1, 0.15) is 123 Å². The summed E-state index contributed by atoms with van der Waals surface area (Å²) in [6, 6.07) is 25.1. The smallest absolute Gasteiger partial charge is 0.293 e. The van der Waals surface area contributed by atoms with Crippen molar-refractivity contribution in [1.82, 2.24) is 34.7 Å². The van der Waals surface area contributed by atoms with Crippen LogP contribution in [-0.2, 0) is 31.0 Å². The summed E-state index contributed by atoms with van der Waals surface area (Å²) in [7, 11) is -4.65. The number of imide groups is 1. The number of piperidine rings is 2. The number of fused-ring (bicyclic) bond motifs is 2. The largest absolute Gasteiger partial charge is 0.455 e. The molecule has 88 heavy (non-hydrogen) atoms. The number of allylic oxidation sites excluding steroid dienone is 1. The number of pyridine rings is 1. The number of nitro groups is 1. The molecule has 1 unspecified atom stereocenters. The number of hydrogen-bond acceptors (Lipinski definition) is 15. The lowest BCUT2D eigenvalue weighted by atomic mass is 9.72. The van der Waals surface area contributed by atoms with E-state index in [1.54, 1.807) is 35.4 Å². The molecule has 5 N–H and O–H groups in total. The van der Waals surface area contributed by atoms with Crippen molar-refractivity contribution in [2.75, 3.05) is 74.4 Å². The van der Waals surface area contributed by atoms with Crippen LogP contribution < -0.4 is 30.3 Å². The first-order valence-electron chi connectivity index (χ1n) is 30.4. The first kappa shape index (κ1) is 61.3. The van der Waals surface area contributed by atoms with E-state index >= 15 is 0 Å². The Labute approximate surface area is 516 Å². The number of aromatic amines is 1. The number of rotatable bonds is 22. The van der Waals surface area contributed by atoms with Gasteiger partial charge in [0, 0.05) is 130 Å². The van der Waals surface area contributed by atoms with E-state index in [9.17, 15) is 42.5 Å². The Morgan fingerprint density at radius 1 is 0.864 bits per heavy atom. The van der Waals surface area contributed by atoms with Crippen LogP contribution in [0, 0.1) is 21.4 Å². The molecule has 3 fully saturated rings. The molecule has 1 atom stereocenters. The summed E-state index contributed by atoms with van der Waals surface area (Å²) < 4.78 is 36.5. The average Bonchev–Trinajstić information content (AvgIpc) is 2.27. The zero-order valence-corrected chi connectivity index (χ0v) is 51.2. The predicted octanol–water partition coefficient (Wildman–Crippen LogP) is 10.3. The number of unbranched alkanes of at least 4 members (excludes halogenated alkanes) is 3. The van der Waals surface area contributed by atoms with Crippen LogP contribution >= 0.6 is 11.6 Å². The Hall–Kier alpha value is -8.34. The number of anilines is 3. The van der Waals surface area contributed by atoms with Gasteiger partial charge in [-0.2, -0.15) is 0 Å². The maximum absolute atomic E-state index is 14.2. The number of piperazine rings is 1. The van der Waals surface area contributed by atoms with Gasteiger partial charge in [-0.1, -0.05) is 62.1 Å². The molecule has 4 aromatic carbocycles. The number of carbonyl (C=O) groups excluding carboxylic acids is 5. The highest BCUT2D eigenvalue weighted by Crippen LogP contribution is 2.44. The molecule has 11 rings (SSSR count). The summed E-state index contributed by atoms with van der Waals surface area (Å²) in [5.74, 6) is -1.35. The van der Waals surface area contributed by atoms with Gasteiger partial charge in [-0.15, -0.1) is 0 Å². The third-order valence-corrected chi connectivity index (χ3v) is 19.4. The number of halogens is 1. The number of H-pyrrole nitrogens is 1. The number of amides is 5. The third-order valence-electron chi connectivity index (χ3n) is 17.8. The molecule has 0 spiro atoms. The molecular formula is C65H74ClN11O10S. The molecule has 5 aliphatic rings. The Kier molecular flexibility index (Phi) is 18.5. The van der Waals surface area contributed by atoms with E-state index in [1.807, 2.05) is 35.2 Å². The van der Waals surface area contributed by atoms with E-state index in [0.29, 0.717) is 93.5 Å². The predicted molar refractivity (Wildman–Crippen MR) is 337 cm³/mol. The first-order valence-corrected chi connectivity index (χ1v) is 32.3. The molecule has 462 valence electrons. The van der Waals surface area contributed by atoms with Crippen LogP contribution in [-0.4, -0.2) is 132 Å². The summed E-state index contributed by atoms with van der Waals surface area (Å²) in [6.07, 6.45) is 12.1. The van der Waals surface area contributed by atoms with Crippen molar-refractivity contribution < 1.29 is 42.1 Å². The number of ether oxygens (including phenoxy) is 1. The van der Waals surface area contributed by atoms with Crippen molar-refractivity contribution in [2.45, 2.75) is 108 Å². The first-order chi connectivity index (χ1) is 42.3. The van der Waals surface area contributed by atoms with E-state index in [-0.39, 0.29) is 52.5 Å². The monoisotopic (exact) mass is 1240 g/mol. The van der Waals surface area contributed by atoms with Gasteiger partial charge in [0.15, 0.2) is 0 Å². The van der Waals surface area contributed by atoms with Crippen molar-refractivity contribution in [2.24, 2.45) is 11.3 Å². The number of nitrogens with zero attached hydrogens (tertiary/aromatic N) is 6. The molecule has 6 heterocycles. The van der Waals surface area contributed by atoms with Gasteiger partial charge >= 0.3 is 0 Å². The SMILES string of the molecule is CC1(C)CCC(CN2CCN(c3ccc(C(=O)NS(=O)(=O)c4ccc(NCC5CCN(C(=O)CCCCCCNc6cccc7c6CN(C6CCC(=O)NC6=O)C7=O)CC5)c([N+](=O)[O-])c4)c(Oc4cnc5[nH]ccc5c4)c3)CC2)=C(c2ccc(Cl)cc2)C1. The highest BCUT2D eigenvalue weighted by Gasteiger charge is 2.40. The minimum Gasteiger partial charge on any atom is -0.455 e. The quantitative estimate of drug-likeness (QED) is 0.0183. The van der Waals surface area contributed by atoms with Gasteiger partial charge in [-0.25, -0.2) is 18.1 Å². The molecule has 23 heteroatoms. The van der Waals surface area contributed by atoms with Crippen LogP contribution in [0.15, 0.2) is 114 Å². The molecule has 4 aliphatic heterocycles. The van der Waals surface area contributed by atoms with Crippen LogP contribution in [0.5, 0.6) is 11.5 Å². The molecule has 1 aliphatic carbocycles. The molecule has 0 radical (unpaired) electrons. The van der Waals surface area contributed by atoms with E-state index in [2.05, 4.69) is 66.4 Å². The maximum atomic E-state index is 14.2. The molecule has 0 bridgehead atoms. The summed E-state index contributed by atoms with van der Waals surface area (Å²) in [5.41, 5.74) is 7.52. The van der Waals surface area contributed by atoms with Gasteiger partial charge in [0.05, 0.1) is 21.6 Å². The minimum atomic E-state index is -4.65. The second kappa shape index (κ2) is 26.6. The highest BCUT2D eigenvalue weighted by atomic mass is 35.5. The van der Waals surface area contributed by atoms with Crippen molar-refractivity contribution in [3.63, 3.8) is 0 Å². The van der Waals surface area contributed by atoms with Crippen LogP contribution in [0.3, 0.4) is 0 Å². The fraction of sp³-hybridized carbons (Fsp3) is 0.415. The Balaban J connectivity index is 0.654. The van der Waals surface area contributed by atoms with Gasteiger partial charge in [0.25, 0.3) is 27.5 Å². The van der Waals surface area contributed by atoms with Gasteiger partial charge < -0.3 is 35.1 Å². The third kappa shape index (κ3) is 14.3. The lowest BCUT2D eigenvalue weighted by molar-refractivity contribution is -0.384. The number of aromatic nitrogens is 2. The van der Waals surface area contributed by atoms with Crippen molar-refractivity contribution in [1.29, 1.82) is 0 Å². The number of sulfonamides is 1. The molecular weight excluding hydrogens is 1160 g/mol. The average molecular weight is 1240 g/mol. The Morgan fingerprint density at radius 3 is 2.42 bits per heavy atom. The molecule has 2 aromatic heterocycles. The summed E-state index contributed by atoms with van der Waals surface area (Å²) in [6.45, 7) is 10.9. The maximum Gasteiger partial charge on any atom is 0.293 e. The van der Waals surface area contributed by atoms with E-state index < -0.39 is 43.4 Å². The second-order valence-corrected chi connectivity index (χ2v) is 26.6. The second-order valence-electron chi connectivity index (χ2n) is 24.5. The van der Waals surface area contributed by atoms with E-state index in [1.165, 1.54) is 41.1 Å². The van der Waals surface area contributed by atoms with Crippen molar-refractivity contribution in [3.05, 3.63) is 146 Å². The highest BCUT2D eigenvalue weighted by molar-refractivity contribution is 7.90. The molecule has 3 saturated heterocycles. The lowest BCUT2D eigenvalue weighted by Crippen LogP contribution is -2.52. The van der Waals surface area contributed by atoms with Crippen LogP contribution in [0.4, 0.5) is 22.7 Å². The van der Waals surface area contributed by atoms with Crippen LogP contribution in [0.2, 0.25) is 5.02 Å². The van der Waals surface area contributed by atoms with Gasteiger partial charge in [0.1, 0.15) is 28.9 Å². The van der Waals surface area contributed by atoms with Crippen LogP contribution in [0.25, 0.3) is 16.6 Å². The van der Waals surface area contributed by atoms with Gasteiger partial charge in [0.2, 0.25) is 17.7 Å². The number of nitro benzene ring substituents is 1. The zero-order valence-electron chi connectivity index (χ0n) is 49.6. The van der Waals surface area contributed by atoms with E-state index in [0.717, 1.165) is 93.0 Å². The fourth-order valence-electron chi connectivity index (χ4n) is 12.7. The number of benzene rings is 4. The molecule has 5 amide bonds. The Morgan fingerprint density at radius 2 is 1.65 bits per heavy atom. The standard InChI is InChI=1S/C65H74ClN11O10S/c1-65(2)25-21-45(52(37-65)43-11-13-46(66)14-12-43)40-73-30-32-74(33-31-73)47-15-17-51(58(35-47)87-48-34-44-22-27-68-61(44)70-39-48)62(80)72-88(85,86)49-16-18-55(57(36-49)77(83)84)69-38-42-23-28-75(29-24-42)60(79)10-5-3-4-6-26-67-54-9-7-8-50-53(54)41-76(64(50)82)56-19-20-59(78)71-63(56)81/h7-9,11-18,22,27,34-36,39,42,56,67,69H,3-6,10,19-21,23-26,28-33,37-38,40-41H2,1-2H3,(H,68,70)(H,72,80)(H,71,78,81). The van der Waals surface area contributed by atoms with Gasteiger partial charge in [-0.05, 0) is 134 Å².